The molecule has 0 spiro atoms. The third-order valence-electron chi connectivity index (χ3n) is 3.96. The van der Waals surface area contributed by atoms with E-state index in [2.05, 4.69) is 71.8 Å². The molecule has 0 saturated heterocycles. The topological polar surface area (TPSA) is 12.0 Å². The van der Waals surface area contributed by atoms with Crippen LogP contribution >= 0.6 is 0 Å². The van der Waals surface area contributed by atoms with Crippen LogP contribution in [-0.4, -0.2) is 0 Å². The van der Waals surface area contributed by atoms with Crippen molar-refractivity contribution in [3.63, 3.8) is 0 Å². The number of hydrogen-bond donors (Lipinski definition) is 1. The van der Waals surface area contributed by atoms with Gasteiger partial charge in [-0.3, -0.25) is 0 Å². The van der Waals surface area contributed by atoms with Crippen LogP contribution in [0.1, 0.15) is 53.9 Å². The van der Waals surface area contributed by atoms with Crippen molar-refractivity contribution in [3.05, 3.63) is 60.5 Å². The molecule has 1 heteroatoms. The largest absolute Gasteiger partial charge is 0.362 e. The van der Waals surface area contributed by atoms with Crippen LogP contribution in [0.4, 0.5) is 0 Å². The smallest absolute Gasteiger partial charge is 0.0273 e. The summed E-state index contributed by atoms with van der Waals surface area (Å²) >= 11 is 0. The highest BCUT2D eigenvalue weighted by Gasteiger charge is 2.27. The second kappa shape index (κ2) is 8.63. The molecule has 0 saturated carbocycles. The first-order valence-corrected chi connectivity index (χ1v) is 7.36. The third-order valence-corrected chi connectivity index (χ3v) is 3.96. The zero-order valence-corrected chi connectivity index (χ0v) is 14.0. The van der Waals surface area contributed by atoms with Gasteiger partial charge < -0.3 is 5.32 Å². The van der Waals surface area contributed by atoms with E-state index < -0.39 is 0 Å². The molecule has 0 bridgehead atoms. The molecule has 0 aliphatic carbocycles. The Morgan fingerprint density at radius 2 is 1.80 bits per heavy atom. The maximum Gasteiger partial charge on any atom is 0.0273 e. The minimum Gasteiger partial charge on any atom is -0.362 e. The first-order valence-electron chi connectivity index (χ1n) is 7.36. The zero-order chi connectivity index (χ0) is 15.8. The van der Waals surface area contributed by atoms with E-state index in [0.717, 1.165) is 36.2 Å². The van der Waals surface area contributed by atoms with Gasteiger partial charge in [0.25, 0.3) is 0 Å². The quantitative estimate of drug-likeness (QED) is 0.407. The van der Waals surface area contributed by atoms with Gasteiger partial charge in [0.1, 0.15) is 0 Å². The molecule has 1 atom stereocenters. The summed E-state index contributed by atoms with van der Waals surface area (Å²) in [5.41, 5.74) is 4.49. The van der Waals surface area contributed by atoms with Gasteiger partial charge in [0, 0.05) is 16.8 Å². The highest BCUT2D eigenvalue weighted by atomic mass is 14.9. The Labute approximate surface area is 125 Å². The number of rotatable bonds is 9. The van der Waals surface area contributed by atoms with Gasteiger partial charge in [-0.1, -0.05) is 57.2 Å². The summed E-state index contributed by atoms with van der Waals surface area (Å²) in [5, 5.41) is 3.46. The van der Waals surface area contributed by atoms with E-state index in [1.165, 1.54) is 5.57 Å². The number of nitrogens with one attached hydrogen (secondary N) is 1. The predicted molar refractivity (Wildman–Crippen MR) is 92.4 cm³/mol. The Kier molecular flexibility index (Phi) is 7.98. The van der Waals surface area contributed by atoms with Gasteiger partial charge >= 0.3 is 0 Å². The average molecular weight is 273 g/mol. The Balaban J connectivity index is 5.00. The molecule has 0 heterocycles. The lowest BCUT2D eigenvalue weighted by molar-refractivity contribution is 0.414. The molecule has 1 nitrogen and oxygen atoms in total. The Bertz CT molecular complexity index is 423. The van der Waals surface area contributed by atoms with Crippen LogP contribution in [0.5, 0.6) is 0 Å². The van der Waals surface area contributed by atoms with Crippen molar-refractivity contribution < 1.29 is 0 Å². The van der Waals surface area contributed by atoms with E-state index in [9.17, 15) is 0 Å². The second-order valence-corrected chi connectivity index (χ2v) is 5.70. The normalized spacial score (nSPS) is 15.4. The predicted octanol–water partition coefficient (Wildman–Crippen LogP) is 5.90. The van der Waals surface area contributed by atoms with Crippen molar-refractivity contribution >= 4 is 0 Å². The van der Waals surface area contributed by atoms with Crippen molar-refractivity contribution in [3.8, 4) is 0 Å². The average Bonchev–Trinajstić information content (AvgIpc) is 2.38. The Morgan fingerprint density at radius 3 is 2.25 bits per heavy atom. The maximum absolute atomic E-state index is 4.24. The zero-order valence-electron chi connectivity index (χ0n) is 14.0. The minimum atomic E-state index is -0.0544. The molecule has 0 fully saturated rings. The lowest BCUT2D eigenvalue weighted by Gasteiger charge is -2.33. The summed E-state index contributed by atoms with van der Waals surface area (Å²) in [6.07, 6.45) is 9.20. The summed E-state index contributed by atoms with van der Waals surface area (Å²) in [5.74, 6) is 0. The van der Waals surface area contributed by atoms with Crippen LogP contribution in [-0.2, 0) is 0 Å². The van der Waals surface area contributed by atoms with Crippen LogP contribution in [0, 0.1) is 5.41 Å². The molecule has 1 unspecified atom stereocenters. The molecule has 112 valence electrons. The summed E-state index contributed by atoms with van der Waals surface area (Å²) in [4.78, 5) is 0. The fourth-order valence-corrected chi connectivity index (χ4v) is 2.05. The molecule has 0 amide bonds. The lowest BCUT2D eigenvalue weighted by Crippen LogP contribution is -2.29. The molecular formula is C19H31N. The summed E-state index contributed by atoms with van der Waals surface area (Å²) in [6.45, 7) is 22.8. The Hall–Kier alpha value is -1.50. The molecule has 1 N–H and O–H groups in total. The van der Waals surface area contributed by atoms with Crippen molar-refractivity contribution in [2.45, 2.75) is 53.9 Å². The van der Waals surface area contributed by atoms with Gasteiger partial charge in [0.2, 0.25) is 0 Å². The SMILES string of the molecule is C=CC/C=C\C(C)=C(/C)NC(=C)C(C)(CCC)C(=C)C. The molecule has 0 aliphatic rings. The van der Waals surface area contributed by atoms with E-state index in [-0.39, 0.29) is 5.41 Å². The number of allylic oxidation sites excluding steroid dienone is 6. The van der Waals surface area contributed by atoms with Crippen molar-refractivity contribution in [2.75, 3.05) is 0 Å². The van der Waals surface area contributed by atoms with E-state index >= 15 is 0 Å². The van der Waals surface area contributed by atoms with Gasteiger partial charge in [-0.05, 0) is 39.2 Å². The summed E-state index contributed by atoms with van der Waals surface area (Å²) in [7, 11) is 0. The van der Waals surface area contributed by atoms with Gasteiger partial charge in [-0.25, -0.2) is 0 Å². The van der Waals surface area contributed by atoms with Crippen molar-refractivity contribution in [2.24, 2.45) is 5.41 Å². The highest BCUT2D eigenvalue weighted by molar-refractivity contribution is 5.29. The van der Waals surface area contributed by atoms with Gasteiger partial charge in [-0.2, -0.15) is 0 Å². The fourth-order valence-electron chi connectivity index (χ4n) is 2.05. The molecule has 20 heavy (non-hydrogen) atoms. The van der Waals surface area contributed by atoms with Crippen molar-refractivity contribution in [1.82, 2.24) is 5.32 Å². The van der Waals surface area contributed by atoms with E-state index in [4.69, 9.17) is 0 Å². The molecule has 0 aliphatic heterocycles. The lowest BCUT2D eigenvalue weighted by atomic mass is 9.77. The van der Waals surface area contributed by atoms with Crippen LogP contribution in [0.25, 0.3) is 0 Å². The molecule has 0 aromatic heterocycles. The van der Waals surface area contributed by atoms with E-state index in [1.807, 2.05) is 6.08 Å². The second-order valence-electron chi connectivity index (χ2n) is 5.70. The summed E-state index contributed by atoms with van der Waals surface area (Å²) in [6, 6.07) is 0. The number of hydrogen-bond acceptors (Lipinski definition) is 1. The Morgan fingerprint density at radius 1 is 1.20 bits per heavy atom. The maximum atomic E-state index is 4.24. The van der Waals surface area contributed by atoms with E-state index in [1.54, 1.807) is 0 Å². The highest BCUT2D eigenvalue weighted by Crippen LogP contribution is 2.37. The van der Waals surface area contributed by atoms with Gasteiger partial charge in [-0.15, -0.1) is 6.58 Å². The molecule has 0 rings (SSSR count). The molecular weight excluding hydrogens is 242 g/mol. The van der Waals surface area contributed by atoms with Crippen LogP contribution in [0.15, 0.2) is 60.5 Å². The molecule has 0 radical (unpaired) electrons. The van der Waals surface area contributed by atoms with Crippen LogP contribution < -0.4 is 5.32 Å². The first kappa shape index (κ1) is 18.5. The fraction of sp³-hybridized carbons (Fsp3) is 0.474. The summed E-state index contributed by atoms with van der Waals surface area (Å²) < 4.78 is 0. The van der Waals surface area contributed by atoms with Gasteiger partial charge in [0.05, 0.1) is 0 Å². The standard InChI is InChI=1S/C19H31N/c1-9-11-12-13-16(5)17(6)20-18(7)19(8,14-10-2)15(3)4/h9,12-13,20H,1,3,7,10-11,14H2,2,4-6,8H3/b13-12-,17-16+. The molecule has 0 aromatic rings. The van der Waals surface area contributed by atoms with Crippen LogP contribution in [0.3, 0.4) is 0 Å². The van der Waals surface area contributed by atoms with Crippen LogP contribution in [0.2, 0.25) is 0 Å². The van der Waals surface area contributed by atoms with Gasteiger partial charge in [0.15, 0.2) is 0 Å². The monoisotopic (exact) mass is 273 g/mol. The van der Waals surface area contributed by atoms with Crippen molar-refractivity contribution in [1.29, 1.82) is 0 Å². The minimum absolute atomic E-state index is 0.0544. The van der Waals surface area contributed by atoms with E-state index in [0.29, 0.717) is 0 Å². The third kappa shape index (κ3) is 5.24. The molecule has 0 aromatic carbocycles. The first-order chi connectivity index (χ1) is 9.29.